The zero-order chi connectivity index (χ0) is 13.2. The van der Waals surface area contributed by atoms with E-state index in [0.29, 0.717) is 0 Å². The maximum absolute atomic E-state index is 12.1. The van der Waals surface area contributed by atoms with Crippen LogP contribution in [-0.4, -0.2) is 31.2 Å². The molecule has 1 fully saturated rings. The van der Waals surface area contributed by atoms with Crippen LogP contribution in [-0.2, 0) is 10.0 Å². The number of aliphatic hydroxyl groups excluding tert-OH is 1. The molecule has 1 aliphatic carbocycles. The maximum Gasteiger partial charge on any atom is 0.258 e. The second-order valence-electron chi connectivity index (χ2n) is 5.05. The molecular formula is C12H18N2O3S. The van der Waals surface area contributed by atoms with Crippen molar-refractivity contribution in [2.75, 3.05) is 6.61 Å². The molecule has 0 aromatic carbocycles. The molecule has 0 saturated heterocycles. The standard InChI is InChI=1S/C12H18N2O3S/c1-12(9-15)7-4-5-10(12)14-18(16,17)11-6-2-3-8-13-11/h2-3,6,8,10,14-15H,4-5,7,9H2,1H3. The summed E-state index contributed by atoms with van der Waals surface area (Å²) >= 11 is 0. The first-order valence-electron chi connectivity index (χ1n) is 6.02. The maximum atomic E-state index is 12.1. The first-order valence-corrected chi connectivity index (χ1v) is 7.50. The van der Waals surface area contributed by atoms with Crippen molar-refractivity contribution in [3.05, 3.63) is 24.4 Å². The number of rotatable bonds is 4. The predicted molar refractivity (Wildman–Crippen MR) is 67.4 cm³/mol. The Hall–Kier alpha value is -0.980. The fraction of sp³-hybridized carbons (Fsp3) is 0.583. The molecule has 2 N–H and O–H groups in total. The van der Waals surface area contributed by atoms with Gasteiger partial charge >= 0.3 is 0 Å². The van der Waals surface area contributed by atoms with Gasteiger partial charge in [-0.2, -0.15) is 0 Å². The van der Waals surface area contributed by atoms with Crippen LogP contribution in [0.5, 0.6) is 0 Å². The van der Waals surface area contributed by atoms with Crippen molar-refractivity contribution >= 4 is 10.0 Å². The molecule has 100 valence electrons. The van der Waals surface area contributed by atoms with E-state index < -0.39 is 10.0 Å². The molecule has 1 saturated carbocycles. The lowest BCUT2D eigenvalue weighted by atomic mass is 9.86. The molecule has 1 heterocycles. The Labute approximate surface area is 107 Å². The molecule has 2 rings (SSSR count). The lowest BCUT2D eigenvalue weighted by Crippen LogP contribution is -2.44. The van der Waals surface area contributed by atoms with Crippen molar-refractivity contribution in [1.29, 1.82) is 0 Å². The highest BCUT2D eigenvalue weighted by atomic mass is 32.2. The second-order valence-corrected chi connectivity index (χ2v) is 6.71. The van der Waals surface area contributed by atoms with Crippen molar-refractivity contribution in [2.45, 2.75) is 37.3 Å². The van der Waals surface area contributed by atoms with Gasteiger partial charge in [0.2, 0.25) is 0 Å². The van der Waals surface area contributed by atoms with Crippen LogP contribution in [0.15, 0.2) is 29.4 Å². The van der Waals surface area contributed by atoms with Gasteiger partial charge in [0.25, 0.3) is 10.0 Å². The van der Waals surface area contributed by atoms with Crippen LogP contribution >= 0.6 is 0 Å². The molecule has 2 unspecified atom stereocenters. The van der Waals surface area contributed by atoms with Gasteiger partial charge in [-0.05, 0) is 25.0 Å². The highest BCUT2D eigenvalue weighted by Gasteiger charge is 2.40. The summed E-state index contributed by atoms with van der Waals surface area (Å²) in [5.41, 5.74) is -0.373. The van der Waals surface area contributed by atoms with Crippen LogP contribution in [0.4, 0.5) is 0 Å². The Morgan fingerprint density at radius 3 is 2.94 bits per heavy atom. The third-order valence-corrected chi connectivity index (χ3v) is 5.04. The number of sulfonamides is 1. The van der Waals surface area contributed by atoms with E-state index in [4.69, 9.17) is 0 Å². The van der Waals surface area contributed by atoms with E-state index in [-0.39, 0.29) is 23.1 Å². The highest BCUT2D eigenvalue weighted by Crippen LogP contribution is 2.37. The molecule has 0 spiro atoms. The molecule has 18 heavy (non-hydrogen) atoms. The van der Waals surface area contributed by atoms with E-state index >= 15 is 0 Å². The van der Waals surface area contributed by atoms with Crippen molar-refractivity contribution in [3.63, 3.8) is 0 Å². The summed E-state index contributed by atoms with van der Waals surface area (Å²) in [6, 6.07) is 4.55. The molecule has 1 aromatic rings. The molecule has 1 aliphatic rings. The van der Waals surface area contributed by atoms with E-state index in [9.17, 15) is 13.5 Å². The molecule has 0 bridgehead atoms. The number of nitrogens with zero attached hydrogens (tertiary/aromatic N) is 1. The lowest BCUT2D eigenvalue weighted by Gasteiger charge is -2.29. The van der Waals surface area contributed by atoms with Crippen LogP contribution in [0, 0.1) is 5.41 Å². The van der Waals surface area contributed by atoms with Crippen LogP contribution < -0.4 is 4.72 Å². The van der Waals surface area contributed by atoms with Crippen molar-refractivity contribution in [3.8, 4) is 0 Å². The summed E-state index contributed by atoms with van der Waals surface area (Å²) in [5.74, 6) is 0. The van der Waals surface area contributed by atoms with Crippen LogP contribution in [0.1, 0.15) is 26.2 Å². The average Bonchev–Trinajstić information content (AvgIpc) is 2.72. The summed E-state index contributed by atoms with van der Waals surface area (Å²) in [7, 11) is -3.60. The number of nitrogens with one attached hydrogen (secondary N) is 1. The normalized spacial score (nSPS) is 28.4. The van der Waals surface area contributed by atoms with Crippen molar-refractivity contribution < 1.29 is 13.5 Å². The fourth-order valence-corrected chi connectivity index (χ4v) is 3.73. The molecule has 5 nitrogen and oxygen atoms in total. The first kappa shape index (κ1) is 13.5. The molecular weight excluding hydrogens is 252 g/mol. The highest BCUT2D eigenvalue weighted by molar-refractivity contribution is 7.89. The van der Waals surface area contributed by atoms with Gasteiger partial charge in [-0.15, -0.1) is 0 Å². The van der Waals surface area contributed by atoms with Gasteiger partial charge in [0, 0.05) is 24.3 Å². The minimum atomic E-state index is -3.60. The molecule has 0 aliphatic heterocycles. The van der Waals surface area contributed by atoms with E-state index in [2.05, 4.69) is 9.71 Å². The number of hydrogen-bond acceptors (Lipinski definition) is 4. The smallest absolute Gasteiger partial charge is 0.258 e. The van der Waals surface area contributed by atoms with E-state index in [1.807, 2.05) is 6.92 Å². The van der Waals surface area contributed by atoms with Gasteiger partial charge in [-0.1, -0.05) is 19.4 Å². The van der Waals surface area contributed by atoms with Gasteiger partial charge in [0.1, 0.15) is 0 Å². The van der Waals surface area contributed by atoms with Crippen LogP contribution in [0.25, 0.3) is 0 Å². The zero-order valence-corrected chi connectivity index (χ0v) is 11.2. The third-order valence-electron chi connectivity index (χ3n) is 3.65. The monoisotopic (exact) mass is 270 g/mol. The minimum Gasteiger partial charge on any atom is -0.396 e. The lowest BCUT2D eigenvalue weighted by molar-refractivity contribution is 0.127. The summed E-state index contributed by atoms with van der Waals surface area (Å²) < 4.78 is 26.9. The SMILES string of the molecule is CC1(CO)CCCC1NS(=O)(=O)c1ccccn1. The largest absolute Gasteiger partial charge is 0.396 e. The molecule has 2 atom stereocenters. The Morgan fingerprint density at radius 1 is 1.56 bits per heavy atom. The number of aromatic nitrogens is 1. The quantitative estimate of drug-likeness (QED) is 0.852. The summed E-state index contributed by atoms with van der Waals surface area (Å²) in [5, 5.41) is 9.44. The van der Waals surface area contributed by atoms with Crippen LogP contribution in [0.2, 0.25) is 0 Å². The second kappa shape index (κ2) is 4.95. The van der Waals surface area contributed by atoms with Crippen molar-refractivity contribution in [2.24, 2.45) is 5.41 Å². The van der Waals surface area contributed by atoms with E-state index in [0.717, 1.165) is 19.3 Å². The minimum absolute atomic E-state index is 0.0115. The van der Waals surface area contributed by atoms with Gasteiger partial charge in [0.05, 0.1) is 0 Å². The predicted octanol–water partition coefficient (Wildman–Crippen LogP) is 0.911. The molecule has 0 amide bonds. The van der Waals surface area contributed by atoms with Crippen molar-refractivity contribution in [1.82, 2.24) is 9.71 Å². The van der Waals surface area contributed by atoms with Gasteiger partial charge in [-0.3, -0.25) is 0 Å². The number of pyridine rings is 1. The molecule has 6 heteroatoms. The molecule has 1 aromatic heterocycles. The number of aliphatic hydroxyl groups is 1. The van der Waals surface area contributed by atoms with E-state index in [1.165, 1.54) is 12.3 Å². The fourth-order valence-electron chi connectivity index (χ4n) is 2.38. The van der Waals surface area contributed by atoms with Gasteiger partial charge < -0.3 is 5.11 Å². The van der Waals surface area contributed by atoms with Gasteiger partial charge in [-0.25, -0.2) is 18.1 Å². The zero-order valence-electron chi connectivity index (χ0n) is 10.3. The Bertz CT molecular complexity index is 503. The van der Waals surface area contributed by atoms with Gasteiger partial charge in [0.15, 0.2) is 5.03 Å². The van der Waals surface area contributed by atoms with E-state index in [1.54, 1.807) is 12.1 Å². The third kappa shape index (κ3) is 2.55. The Morgan fingerprint density at radius 2 is 2.33 bits per heavy atom. The summed E-state index contributed by atoms with van der Waals surface area (Å²) in [6.07, 6.45) is 3.96. The Kier molecular flexibility index (Phi) is 3.70. The average molecular weight is 270 g/mol. The molecule has 0 radical (unpaired) electrons. The Balaban J connectivity index is 2.19. The topological polar surface area (TPSA) is 79.3 Å². The summed E-state index contributed by atoms with van der Waals surface area (Å²) in [6.45, 7) is 1.90. The van der Waals surface area contributed by atoms with Crippen LogP contribution in [0.3, 0.4) is 0 Å². The number of hydrogen-bond donors (Lipinski definition) is 2. The summed E-state index contributed by atoms with van der Waals surface area (Å²) in [4.78, 5) is 3.85. The first-order chi connectivity index (χ1) is 8.48.